The fourth-order valence-corrected chi connectivity index (χ4v) is 5.07. The zero-order valence-electron chi connectivity index (χ0n) is 18.3. The van der Waals surface area contributed by atoms with E-state index in [1.807, 2.05) is 12.1 Å². The second-order valence-electron chi connectivity index (χ2n) is 9.06. The van der Waals surface area contributed by atoms with Crippen molar-refractivity contribution < 1.29 is 14.4 Å². The molecule has 2 fully saturated rings. The molecule has 3 aliphatic heterocycles. The standard InChI is InChI=1S/C24H34N4O3/c29-22-9-8-21(23(30)27-22)28-16-20-18(6-4-7-19(20)24(28)31)15-26-12-3-1-2-5-17-10-13-25-14-11-17/h4,6-7,17,21,25-26H,1-3,5,8-16H2,(H,27,29,30). The molecular weight excluding hydrogens is 392 g/mol. The van der Waals surface area contributed by atoms with Crippen molar-refractivity contribution in [3.05, 3.63) is 34.9 Å². The highest BCUT2D eigenvalue weighted by molar-refractivity contribution is 6.05. The molecule has 4 rings (SSSR count). The third-order valence-electron chi connectivity index (χ3n) is 6.92. The number of benzene rings is 1. The molecule has 0 saturated carbocycles. The highest BCUT2D eigenvalue weighted by atomic mass is 16.2. The number of imide groups is 1. The number of hydrogen-bond donors (Lipinski definition) is 3. The lowest BCUT2D eigenvalue weighted by molar-refractivity contribution is -0.136. The van der Waals surface area contributed by atoms with Crippen LogP contribution in [-0.2, 0) is 22.7 Å². The van der Waals surface area contributed by atoms with E-state index >= 15 is 0 Å². The van der Waals surface area contributed by atoms with Crippen LogP contribution >= 0.6 is 0 Å². The molecule has 0 aliphatic carbocycles. The summed E-state index contributed by atoms with van der Waals surface area (Å²) >= 11 is 0. The van der Waals surface area contributed by atoms with Crippen molar-refractivity contribution in [1.29, 1.82) is 0 Å². The van der Waals surface area contributed by atoms with Crippen molar-refractivity contribution in [1.82, 2.24) is 20.9 Å². The quantitative estimate of drug-likeness (QED) is 0.416. The maximum Gasteiger partial charge on any atom is 0.255 e. The Bertz CT molecular complexity index is 819. The van der Waals surface area contributed by atoms with Crippen LogP contribution in [0.1, 0.15) is 72.9 Å². The molecule has 7 nitrogen and oxygen atoms in total. The number of nitrogens with one attached hydrogen (secondary N) is 3. The molecule has 1 unspecified atom stereocenters. The Morgan fingerprint density at radius 2 is 1.87 bits per heavy atom. The Hall–Kier alpha value is -2.25. The molecule has 2 saturated heterocycles. The first kappa shape index (κ1) is 22.0. The predicted molar refractivity (Wildman–Crippen MR) is 118 cm³/mol. The molecule has 0 spiro atoms. The number of amides is 3. The van der Waals surface area contributed by atoms with Crippen LogP contribution in [0.3, 0.4) is 0 Å². The Morgan fingerprint density at radius 3 is 2.68 bits per heavy atom. The maximum atomic E-state index is 12.9. The molecule has 3 heterocycles. The van der Waals surface area contributed by atoms with Crippen LogP contribution in [0.15, 0.2) is 18.2 Å². The molecule has 7 heteroatoms. The Labute approximate surface area is 184 Å². The van der Waals surface area contributed by atoms with E-state index in [0.717, 1.165) is 30.1 Å². The van der Waals surface area contributed by atoms with Crippen LogP contribution in [0.2, 0.25) is 0 Å². The second-order valence-corrected chi connectivity index (χ2v) is 9.06. The summed E-state index contributed by atoms with van der Waals surface area (Å²) in [4.78, 5) is 38.2. The highest BCUT2D eigenvalue weighted by Crippen LogP contribution is 2.29. The molecule has 168 valence electrons. The molecule has 1 aromatic rings. The van der Waals surface area contributed by atoms with Crippen molar-refractivity contribution in [3.8, 4) is 0 Å². The van der Waals surface area contributed by atoms with Crippen molar-refractivity contribution in [2.75, 3.05) is 19.6 Å². The van der Waals surface area contributed by atoms with Crippen LogP contribution in [0.4, 0.5) is 0 Å². The normalized spacial score (nSPS) is 22.0. The van der Waals surface area contributed by atoms with Gasteiger partial charge in [0.25, 0.3) is 5.91 Å². The van der Waals surface area contributed by atoms with Gasteiger partial charge in [-0.05, 0) is 68.4 Å². The minimum Gasteiger partial charge on any atom is -0.322 e. The molecule has 1 atom stereocenters. The Morgan fingerprint density at radius 1 is 1.03 bits per heavy atom. The fraction of sp³-hybridized carbons (Fsp3) is 0.625. The number of hydrogen-bond acceptors (Lipinski definition) is 5. The van der Waals surface area contributed by atoms with Gasteiger partial charge in [-0.1, -0.05) is 31.4 Å². The molecule has 3 amide bonds. The van der Waals surface area contributed by atoms with E-state index in [4.69, 9.17) is 0 Å². The zero-order valence-corrected chi connectivity index (χ0v) is 18.3. The predicted octanol–water partition coefficient (Wildman–Crippen LogP) is 2.10. The molecule has 0 aromatic heterocycles. The monoisotopic (exact) mass is 426 g/mol. The molecular formula is C24H34N4O3. The van der Waals surface area contributed by atoms with Crippen molar-refractivity contribution in [2.45, 2.75) is 70.5 Å². The topological polar surface area (TPSA) is 90.5 Å². The van der Waals surface area contributed by atoms with Gasteiger partial charge in [-0.2, -0.15) is 0 Å². The molecule has 0 radical (unpaired) electrons. The van der Waals surface area contributed by atoms with E-state index < -0.39 is 6.04 Å². The van der Waals surface area contributed by atoms with Gasteiger partial charge in [-0.3, -0.25) is 19.7 Å². The molecule has 3 N–H and O–H groups in total. The smallest absolute Gasteiger partial charge is 0.255 e. The van der Waals surface area contributed by atoms with E-state index in [0.29, 0.717) is 18.5 Å². The molecule has 3 aliphatic rings. The van der Waals surface area contributed by atoms with Gasteiger partial charge in [0.2, 0.25) is 11.8 Å². The van der Waals surface area contributed by atoms with E-state index in [2.05, 4.69) is 22.0 Å². The van der Waals surface area contributed by atoms with E-state index in [1.54, 1.807) is 4.90 Å². The largest absolute Gasteiger partial charge is 0.322 e. The summed E-state index contributed by atoms with van der Waals surface area (Å²) < 4.78 is 0. The molecule has 0 bridgehead atoms. The first-order chi connectivity index (χ1) is 15.1. The molecule has 1 aromatic carbocycles. The van der Waals surface area contributed by atoms with Crippen molar-refractivity contribution in [2.24, 2.45) is 5.92 Å². The fourth-order valence-electron chi connectivity index (χ4n) is 5.07. The van der Waals surface area contributed by atoms with Gasteiger partial charge in [-0.15, -0.1) is 0 Å². The number of unbranched alkanes of at least 4 members (excludes halogenated alkanes) is 2. The Kier molecular flexibility index (Phi) is 7.35. The zero-order chi connectivity index (χ0) is 21.6. The van der Waals surface area contributed by atoms with Crippen molar-refractivity contribution in [3.63, 3.8) is 0 Å². The summed E-state index contributed by atoms with van der Waals surface area (Å²) in [7, 11) is 0. The lowest BCUT2D eigenvalue weighted by Gasteiger charge is -2.29. The minimum atomic E-state index is -0.557. The number of nitrogens with zero attached hydrogens (tertiary/aromatic N) is 1. The average Bonchev–Trinajstić information content (AvgIpc) is 3.11. The van der Waals surface area contributed by atoms with Crippen LogP contribution < -0.4 is 16.0 Å². The SMILES string of the molecule is O=C1CCC(N2Cc3c(CNCCCCCC4CCNCC4)cccc3C2=O)C(=O)N1. The number of fused-ring (bicyclic) bond motifs is 1. The summed E-state index contributed by atoms with van der Waals surface area (Å²) in [6.07, 6.45) is 8.41. The van der Waals surface area contributed by atoms with Gasteiger partial charge in [-0.25, -0.2) is 0 Å². The van der Waals surface area contributed by atoms with Gasteiger partial charge >= 0.3 is 0 Å². The van der Waals surface area contributed by atoms with Crippen LogP contribution in [-0.4, -0.2) is 48.3 Å². The van der Waals surface area contributed by atoms with Crippen LogP contribution in [0.25, 0.3) is 0 Å². The van der Waals surface area contributed by atoms with Gasteiger partial charge in [0, 0.05) is 25.1 Å². The van der Waals surface area contributed by atoms with E-state index in [-0.39, 0.29) is 24.1 Å². The van der Waals surface area contributed by atoms with Gasteiger partial charge in [0.05, 0.1) is 0 Å². The van der Waals surface area contributed by atoms with Gasteiger partial charge < -0.3 is 15.5 Å². The average molecular weight is 427 g/mol. The van der Waals surface area contributed by atoms with Gasteiger partial charge in [0.15, 0.2) is 0 Å². The van der Waals surface area contributed by atoms with E-state index in [1.165, 1.54) is 51.6 Å². The lowest BCUT2D eigenvalue weighted by Crippen LogP contribution is -2.52. The summed E-state index contributed by atoms with van der Waals surface area (Å²) in [5.41, 5.74) is 2.82. The van der Waals surface area contributed by atoms with Crippen LogP contribution in [0.5, 0.6) is 0 Å². The van der Waals surface area contributed by atoms with E-state index in [9.17, 15) is 14.4 Å². The third-order valence-corrected chi connectivity index (χ3v) is 6.92. The Balaban J connectivity index is 1.23. The van der Waals surface area contributed by atoms with Crippen molar-refractivity contribution >= 4 is 17.7 Å². The van der Waals surface area contributed by atoms with Crippen LogP contribution in [0, 0.1) is 5.92 Å². The first-order valence-corrected chi connectivity index (χ1v) is 11.8. The second kappa shape index (κ2) is 10.4. The number of piperidine rings is 2. The molecule has 31 heavy (non-hydrogen) atoms. The number of rotatable bonds is 9. The summed E-state index contributed by atoms with van der Waals surface area (Å²) in [5.74, 6) is 0.183. The van der Waals surface area contributed by atoms with Gasteiger partial charge in [0.1, 0.15) is 6.04 Å². The highest BCUT2D eigenvalue weighted by Gasteiger charge is 2.39. The summed E-state index contributed by atoms with van der Waals surface area (Å²) in [5, 5.41) is 9.32. The third kappa shape index (κ3) is 5.33. The first-order valence-electron chi connectivity index (χ1n) is 11.8. The summed E-state index contributed by atoms with van der Waals surface area (Å²) in [6.45, 7) is 4.50. The lowest BCUT2D eigenvalue weighted by atomic mass is 9.92. The maximum absolute atomic E-state index is 12.9. The summed E-state index contributed by atoms with van der Waals surface area (Å²) in [6, 6.07) is 5.26. The minimum absolute atomic E-state index is 0.107. The number of carbonyl (C=O) groups excluding carboxylic acids is 3. The number of carbonyl (C=O) groups is 3.